The Bertz CT molecular complexity index is 1170. The molecular weight excluding hydrogens is 436 g/mol. The fourth-order valence-electron chi connectivity index (χ4n) is 3.86. The molecule has 1 N–H and O–H groups in total. The molecule has 0 saturated carbocycles. The number of hydrogen-bond acceptors (Lipinski definition) is 8. The average Bonchev–Trinajstić information content (AvgIpc) is 3.47. The molecule has 1 unspecified atom stereocenters. The van der Waals surface area contributed by atoms with Crippen molar-refractivity contribution < 1.29 is 23.0 Å². The number of amides is 1. The molecule has 10 nitrogen and oxygen atoms in total. The van der Waals surface area contributed by atoms with Crippen LogP contribution in [0.25, 0.3) is 16.9 Å². The van der Waals surface area contributed by atoms with Crippen LogP contribution in [-0.2, 0) is 4.79 Å². The molecule has 1 aliphatic heterocycles. The summed E-state index contributed by atoms with van der Waals surface area (Å²) >= 11 is 0. The molecule has 33 heavy (non-hydrogen) atoms. The highest BCUT2D eigenvalue weighted by Crippen LogP contribution is 2.38. The van der Waals surface area contributed by atoms with Gasteiger partial charge in [-0.25, -0.2) is 14.5 Å². The molecular formula is C21H25F2N7O3. The molecule has 0 radical (unpaired) electrons. The van der Waals surface area contributed by atoms with Crippen LogP contribution in [0.5, 0.6) is 11.9 Å². The lowest BCUT2D eigenvalue weighted by atomic mass is 9.99. The van der Waals surface area contributed by atoms with Gasteiger partial charge in [0.25, 0.3) is 5.91 Å². The van der Waals surface area contributed by atoms with E-state index >= 15 is 0 Å². The van der Waals surface area contributed by atoms with Gasteiger partial charge in [-0.05, 0) is 26.3 Å². The Balaban J connectivity index is 1.69. The number of methoxy groups -OCH3 is 2. The van der Waals surface area contributed by atoms with Gasteiger partial charge in [0.15, 0.2) is 5.65 Å². The number of alkyl halides is 2. The molecule has 4 rings (SSSR count). The molecule has 3 aromatic heterocycles. The Labute approximate surface area is 188 Å². The molecule has 12 heteroatoms. The van der Waals surface area contributed by atoms with E-state index in [1.54, 1.807) is 41.7 Å². The van der Waals surface area contributed by atoms with Crippen LogP contribution in [0.1, 0.15) is 20.3 Å². The number of rotatable bonds is 7. The maximum atomic E-state index is 14.8. The third kappa shape index (κ3) is 4.24. The number of halogens is 2. The molecule has 0 spiro atoms. The van der Waals surface area contributed by atoms with Gasteiger partial charge in [0.2, 0.25) is 5.88 Å². The van der Waals surface area contributed by atoms with Gasteiger partial charge in [0, 0.05) is 37.7 Å². The molecule has 0 bridgehead atoms. The maximum Gasteiger partial charge on any atom is 0.329 e. The van der Waals surface area contributed by atoms with Crippen LogP contribution in [-0.4, -0.2) is 69.7 Å². The summed E-state index contributed by atoms with van der Waals surface area (Å²) in [6.07, 6.45) is 4.93. The smallest absolute Gasteiger partial charge is 0.329 e. The molecule has 1 saturated heterocycles. The summed E-state index contributed by atoms with van der Waals surface area (Å²) in [5.41, 5.74) is 2.11. The summed E-state index contributed by atoms with van der Waals surface area (Å²) in [5.74, 6) is -5.59. The molecule has 176 valence electrons. The van der Waals surface area contributed by atoms with Crippen molar-refractivity contribution in [2.75, 3.05) is 32.2 Å². The maximum absolute atomic E-state index is 14.8. The van der Waals surface area contributed by atoms with Gasteiger partial charge in [-0.3, -0.25) is 4.79 Å². The number of hydrogen-bond donors (Lipinski definition) is 1. The predicted molar refractivity (Wildman–Crippen MR) is 116 cm³/mol. The number of carbonyl (C=O) groups excluding carboxylic acids is 1. The van der Waals surface area contributed by atoms with Gasteiger partial charge in [0.05, 0.1) is 31.4 Å². The van der Waals surface area contributed by atoms with Crippen LogP contribution in [0.3, 0.4) is 0 Å². The number of anilines is 1. The van der Waals surface area contributed by atoms with Crippen molar-refractivity contribution in [3.05, 3.63) is 24.7 Å². The lowest BCUT2D eigenvalue weighted by Gasteiger charge is -2.25. The van der Waals surface area contributed by atoms with Crippen molar-refractivity contribution >= 4 is 17.2 Å². The van der Waals surface area contributed by atoms with Crippen molar-refractivity contribution in [3.8, 4) is 23.1 Å². The Morgan fingerprint density at radius 2 is 2.06 bits per heavy atom. The highest BCUT2D eigenvalue weighted by Gasteiger charge is 2.50. The first-order chi connectivity index (χ1) is 15.7. The van der Waals surface area contributed by atoms with Crippen LogP contribution in [0.2, 0.25) is 0 Å². The first-order valence-corrected chi connectivity index (χ1v) is 10.5. The summed E-state index contributed by atoms with van der Waals surface area (Å²) in [6, 6.07) is 1.52. The first-order valence-electron chi connectivity index (χ1n) is 10.5. The first kappa shape index (κ1) is 22.6. The predicted octanol–water partition coefficient (Wildman–Crippen LogP) is 2.19. The zero-order chi connectivity index (χ0) is 23.8. The summed E-state index contributed by atoms with van der Waals surface area (Å²) in [6.45, 7) is 3.65. The molecule has 4 heterocycles. The summed E-state index contributed by atoms with van der Waals surface area (Å²) in [5, 5.41) is 6.87. The molecule has 1 atom stereocenters. The summed E-state index contributed by atoms with van der Waals surface area (Å²) < 4.78 is 41.6. The minimum absolute atomic E-state index is 0.000730. The zero-order valence-corrected chi connectivity index (χ0v) is 18.7. The summed E-state index contributed by atoms with van der Waals surface area (Å²) in [4.78, 5) is 26.6. The standard InChI is InChI=1S/C21H25F2N7O3/c1-12(2)26-19(31)21(22,23)13-5-7-29(11-13)16-9-15(28-30-8-6-24-17(16)30)14-10-25-20(33-4)27-18(14)32-3/h6,8-10,12-13H,5,7,11H2,1-4H3,(H,26,31). The Hall–Kier alpha value is -3.57. The number of imidazole rings is 1. The van der Waals surface area contributed by atoms with E-state index in [-0.39, 0.29) is 30.9 Å². The van der Waals surface area contributed by atoms with Crippen LogP contribution < -0.4 is 19.7 Å². The van der Waals surface area contributed by atoms with E-state index in [0.29, 0.717) is 29.1 Å². The third-order valence-electron chi connectivity index (χ3n) is 5.49. The zero-order valence-electron chi connectivity index (χ0n) is 18.7. The van der Waals surface area contributed by atoms with E-state index in [2.05, 4.69) is 25.4 Å². The Morgan fingerprint density at radius 3 is 2.76 bits per heavy atom. The van der Waals surface area contributed by atoms with Crippen molar-refractivity contribution in [2.24, 2.45) is 5.92 Å². The average molecular weight is 461 g/mol. The molecule has 0 aliphatic carbocycles. The Morgan fingerprint density at radius 1 is 1.27 bits per heavy atom. The lowest BCUT2D eigenvalue weighted by Crippen LogP contribution is -2.48. The largest absolute Gasteiger partial charge is 0.480 e. The fourth-order valence-corrected chi connectivity index (χ4v) is 3.86. The highest BCUT2D eigenvalue weighted by atomic mass is 19.3. The van der Waals surface area contributed by atoms with Gasteiger partial charge in [-0.2, -0.15) is 18.9 Å². The van der Waals surface area contributed by atoms with Gasteiger partial charge < -0.3 is 19.7 Å². The van der Waals surface area contributed by atoms with Crippen LogP contribution in [0.15, 0.2) is 24.7 Å². The van der Waals surface area contributed by atoms with Crippen molar-refractivity contribution in [2.45, 2.75) is 32.2 Å². The van der Waals surface area contributed by atoms with E-state index in [0.717, 1.165) is 0 Å². The SMILES string of the molecule is COc1ncc(-c2cc(N3CCC(C(F)(F)C(=O)NC(C)C)C3)c3nccn3n2)c(OC)n1. The van der Waals surface area contributed by atoms with E-state index in [9.17, 15) is 13.6 Å². The van der Waals surface area contributed by atoms with Crippen LogP contribution >= 0.6 is 0 Å². The van der Waals surface area contributed by atoms with Crippen LogP contribution in [0.4, 0.5) is 14.5 Å². The normalized spacial score (nSPS) is 16.5. The van der Waals surface area contributed by atoms with Crippen molar-refractivity contribution in [3.63, 3.8) is 0 Å². The van der Waals surface area contributed by atoms with Gasteiger partial charge in [-0.15, -0.1) is 0 Å². The number of carbonyl (C=O) groups is 1. The second-order valence-electron chi connectivity index (χ2n) is 8.07. The quantitative estimate of drug-likeness (QED) is 0.571. The van der Waals surface area contributed by atoms with Crippen LogP contribution in [0, 0.1) is 5.92 Å². The van der Waals surface area contributed by atoms with Gasteiger partial charge in [0.1, 0.15) is 5.69 Å². The van der Waals surface area contributed by atoms with E-state index in [1.807, 2.05) is 0 Å². The molecule has 1 fully saturated rings. The number of aromatic nitrogens is 5. The number of nitrogens with zero attached hydrogens (tertiary/aromatic N) is 6. The lowest BCUT2D eigenvalue weighted by molar-refractivity contribution is -0.153. The number of nitrogens with one attached hydrogen (secondary N) is 1. The fraction of sp³-hybridized carbons (Fsp3) is 0.476. The van der Waals surface area contributed by atoms with E-state index < -0.39 is 17.7 Å². The molecule has 3 aromatic rings. The van der Waals surface area contributed by atoms with E-state index in [4.69, 9.17) is 9.47 Å². The highest BCUT2D eigenvalue weighted by molar-refractivity contribution is 5.84. The van der Waals surface area contributed by atoms with E-state index in [1.165, 1.54) is 20.4 Å². The molecule has 1 amide bonds. The number of fused-ring (bicyclic) bond motifs is 1. The number of ether oxygens (including phenoxy) is 2. The second kappa shape index (κ2) is 8.75. The van der Waals surface area contributed by atoms with Gasteiger partial charge in [-0.1, -0.05) is 0 Å². The van der Waals surface area contributed by atoms with Crippen molar-refractivity contribution in [1.82, 2.24) is 29.9 Å². The molecule has 0 aromatic carbocycles. The van der Waals surface area contributed by atoms with Crippen molar-refractivity contribution in [1.29, 1.82) is 0 Å². The minimum atomic E-state index is -3.48. The monoisotopic (exact) mass is 461 g/mol. The minimum Gasteiger partial charge on any atom is -0.480 e. The second-order valence-corrected chi connectivity index (χ2v) is 8.07. The molecule has 1 aliphatic rings. The summed E-state index contributed by atoms with van der Waals surface area (Å²) in [7, 11) is 2.92. The topological polar surface area (TPSA) is 107 Å². The Kier molecular flexibility index (Phi) is 6.00. The van der Waals surface area contributed by atoms with Gasteiger partial charge >= 0.3 is 11.9 Å². The third-order valence-corrected chi connectivity index (χ3v) is 5.49.